The van der Waals surface area contributed by atoms with E-state index in [4.69, 9.17) is 16.3 Å². The van der Waals surface area contributed by atoms with Gasteiger partial charge in [0.2, 0.25) is 0 Å². The third kappa shape index (κ3) is 3.69. The largest absolute Gasteiger partial charge is 0.493 e. The van der Waals surface area contributed by atoms with Gasteiger partial charge in [0, 0.05) is 23.1 Å². The van der Waals surface area contributed by atoms with Crippen LogP contribution in [0.2, 0.25) is 5.02 Å². The van der Waals surface area contributed by atoms with Gasteiger partial charge in [0.25, 0.3) is 5.69 Å². The van der Waals surface area contributed by atoms with Crippen molar-refractivity contribution in [1.29, 1.82) is 0 Å². The zero-order valence-corrected chi connectivity index (χ0v) is 10.8. The van der Waals surface area contributed by atoms with Crippen molar-refractivity contribution in [2.45, 2.75) is 6.42 Å². The second kappa shape index (κ2) is 6.20. The minimum absolute atomic E-state index is 0.127. The van der Waals surface area contributed by atoms with Crippen LogP contribution in [0.3, 0.4) is 0 Å². The van der Waals surface area contributed by atoms with E-state index in [1.54, 1.807) is 42.5 Å². The summed E-state index contributed by atoms with van der Waals surface area (Å²) < 4.78 is 5.52. The van der Waals surface area contributed by atoms with Gasteiger partial charge in [-0.15, -0.1) is 0 Å². The average molecular weight is 278 g/mol. The monoisotopic (exact) mass is 277 g/mol. The molecule has 4 nitrogen and oxygen atoms in total. The van der Waals surface area contributed by atoms with Crippen LogP contribution in [-0.2, 0) is 6.42 Å². The molecule has 0 aliphatic heterocycles. The molecular formula is C14H12ClNO3. The minimum Gasteiger partial charge on any atom is -0.493 e. The Kier molecular flexibility index (Phi) is 4.36. The van der Waals surface area contributed by atoms with Crippen molar-refractivity contribution < 1.29 is 9.66 Å². The second-order valence-corrected chi connectivity index (χ2v) is 4.37. The van der Waals surface area contributed by atoms with Crippen molar-refractivity contribution in [2.24, 2.45) is 0 Å². The van der Waals surface area contributed by atoms with Gasteiger partial charge >= 0.3 is 0 Å². The minimum atomic E-state index is -0.377. The summed E-state index contributed by atoms with van der Waals surface area (Å²) in [5.41, 5.74) is 0.795. The van der Waals surface area contributed by atoms with Crippen LogP contribution in [0, 0.1) is 10.1 Å². The summed E-state index contributed by atoms with van der Waals surface area (Å²) in [5.74, 6) is 0.697. The normalized spacial score (nSPS) is 10.2. The number of ether oxygens (including phenoxy) is 1. The summed E-state index contributed by atoms with van der Waals surface area (Å²) >= 11 is 5.77. The van der Waals surface area contributed by atoms with Crippen LogP contribution in [0.5, 0.6) is 5.75 Å². The lowest BCUT2D eigenvalue weighted by atomic mass is 10.1. The number of nitro benzene ring substituents is 1. The van der Waals surface area contributed by atoms with Gasteiger partial charge in [-0.3, -0.25) is 10.1 Å². The quantitative estimate of drug-likeness (QED) is 0.616. The molecule has 0 radical (unpaired) electrons. The van der Waals surface area contributed by atoms with E-state index in [0.717, 1.165) is 0 Å². The first-order valence-corrected chi connectivity index (χ1v) is 6.15. The highest BCUT2D eigenvalue weighted by molar-refractivity contribution is 6.30. The van der Waals surface area contributed by atoms with Gasteiger partial charge in [-0.25, -0.2) is 0 Å². The van der Waals surface area contributed by atoms with Crippen molar-refractivity contribution in [2.75, 3.05) is 6.61 Å². The van der Waals surface area contributed by atoms with E-state index in [1.165, 1.54) is 6.07 Å². The fourth-order valence-electron chi connectivity index (χ4n) is 1.71. The van der Waals surface area contributed by atoms with Crippen LogP contribution >= 0.6 is 11.6 Å². The molecule has 0 spiro atoms. The summed E-state index contributed by atoms with van der Waals surface area (Å²) in [6, 6.07) is 13.7. The molecule has 0 aromatic heterocycles. The fraction of sp³-hybridized carbons (Fsp3) is 0.143. The molecule has 0 aliphatic rings. The number of hydrogen-bond donors (Lipinski definition) is 0. The highest BCUT2D eigenvalue weighted by Crippen LogP contribution is 2.19. The summed E-state index contributed by atoms with van der Waals surface area (Å²) in [6.07, 6.45) is 0.486. The molecule has 2 aromatic rings. The molecule has 0 aliphatic carbocycles. The molecule has 0 heterocycles. The van der Waals surface area contributed by atoms with E-state index in [1.807, 2.05) is 0 Å². The first kappa shape index (κ1) is 13.4. The molecule has 0 saturated carbocycles. The van der Waals surface area contributed by atoms with Crippen LogP contribution in [0.25, 0.3) is 0 Å². The molecular weight excluding hydrogens is 266 g/mol. The van der Waals surface area contributed by atoms with Crippen molar-refractivity contribution in [3.05, 3.63) is 69.2 Å². The predicted molar refractivity (Wildman–Crippen MR) is 73.7 cm³/mol. The molecule has 0 saturated heterocycles. The van der Waals surface area contributed by atoms with Crippen LogP contribution in [-0.4, -0.2) is 11.5 Å². The van der Waals surface area contributed by atoms with Crippen molar-refractivity contribution in [3.8, 4) is 5.75 Å². The molecule has 0 fully saturated rings. The zero-order chi connectivity index (χ0) is 13.7. The second-order valence-electron chi connectivity index (χ2n) is 3.94. The van der Waals surface area contributed by atoms with Gasteiger partial charge in [-0.05, 0) is 24.3 Å². The third-order valence-electron chi connectivity index (χ3n) is 2.64. The van der Waals surface area contributed by atoms with Crippen LogP contribution in [0.1, 0.15) is 5.56 Å². The Bertz CT molecular complexity index is 569. The Morgan fingerprint density at radius 1 is 1.11 bits per heavy atom. The molecule has 0 atom stereocenters. The van der Waals surface area contributed by atoms with Crippen LogP contribution < -0.4 is 4.74 Å². The van der Waals surface area contributed by atoms with Gasteiger partial charge in [-0.2, -0.15) is 0 Å². The smallest absolute Gasteiger partial charge is 0.272 e. The predicted octanol–water partition coefficient (Wildman–Crippen LogP) is 3.87. The standard InChI is InChI=1S/C14H12ClNO3/c15-12-5-7-13(8-6-12)19-10-9-11-3-1-2-4-14(11)16(17)18/h1-8H,9-10H2. The van der Waals surface area contributed by atoms with Crippen molar-refractivity contribution >= 4 is 17.3 Å². The van der Waals surface area contributed by atoms with Gasteiger partial charge in [0.1, 0.15) is 5.75 Å². The SMILES string of the molecule is O=[N+]([O-])c1ccccc1CCOc1ccc(Cl)cc1. The Hall–Kier alpha value is -2.07. The molecule has 2 aromatic carbocycles. The highest BCUT2D eigenvalue weighted by Gasteiger charge is 2.11. The molecule has 2 rings (SSSR count). The van der Waals surface area contributed by atoms with E-state index in [9.17, 15) is 10.1 Å². The summed E-state index contributed by atoms with van der Waals surface area (Å²) in [5, 5.41) is 11.5. The maximum atomic E-state index is 10.8. The van der Waals surface area contributed by atoms with E-state index in [2.05, 4.69) is 0 Å². The number of halogens is 1. The number of para-hydroxylation sites is 1. The van der Waals surface area contributed by atoms with Gasteiger partial charge < -0.3 is 4.74 Å². The van der Waals surface area contributed by atoms with E-state index in [0.29, 0.717) is 29.4 Å². The highest BCUT2D eigenvalue weighted by atomic mass is 35.5. The Morgan fingerprint density at radius 2 is 1.79 bits per heavy atom. The first-order valence-electron chi connectivity index (χ1n) is 5.77. The topological polar surface area (TPSA) is 52.4 Å². The van der Waals surface area contributed by atoms with Gasteiger partial charge in [0.05, 0.1) is 11.5 Å². The number of nitro groups is 1. The van der Waals surface area contributed by atoms with E-state index in [-0.39, 0.29) is 10.6 Å². The Morgan fingerprint density at radius 3 is 2.47 bits per heavy atom. The van der Waals surface area contributed by atoms with Crippen LogP contribution in [0.15, 0.2) is 48.5 Å². The summed E-state index contributed by atoms with van der Waals surface area (Å²) in [6.45, 7) is 0.381. The fourth-order valence-corrected chi connectivity index (χ4v) is 1.84. The number of hydrogen-bond acceptors (Lipinski definition) is 3. The lowest BCUT2D eigenvalue weighted by Crippen LogP contribution is -2.03. The number of nitrogens with zero attached hydrogens (tertiary/aromatic N) is 1. The lowest BCUT2D eigenvalue weighted by Gasteiger charge is -2.06. The van der Waals surface area contributed by atoms with E-state index < -0.39 is 0 Å². The molecule has 0 amide bonds. The molecule has 0 N–H and O–H groups in total. The molecule has 19 heavy (non-hydrogen) atoms. The zero-order valence-electron chi connectivity index (χ0n) is 10.1. The van der Waals surface area contributed by atoms with Crippen molar-refractivity contribution in [1.82, 2.24) is 0 Å². The summed E-state index contributed by atoms with van der Waals surface area (Å²) in [4.78, 5) is 10.5. The molecule has 5 heteroatoms. The first-order chi connectivity index (χ1) is 9.16. The van der Waals surface area contributed by atoms with E-state index >= 15 is 0 Å². The number of benzene rings is 2. The Labute approximate surface area is 115 Å². The molecule has 0 bridgehead atoms. The lowest BCUT2D eigenvalue weighted by molar-refractivity contribution is -0.385. The number of rotatable bonds is 5. The molecule has 0 unspecified atom stereocenters. The molecule has 98 valence electrons. The maximum absolute atomic E-state index is 10.8. The maximum Gasteiger partial charge on any atom is 0.272 e. The van der Waals surface area contributed by atoms with Gasteiger partial charge in [-0.1, -0.05) is 29.8 Å². The van der Waals surface area contributed by atoms with Crippen LogP contribution in [0.4, 0.5) is 5.69 Å². The average Bonchev–Trinajstić information content (AvgIpc) is 2.41. The third-order valence-corrected chi connectivity index (χ3v) is 2.89. The van der Waals surface area contributed by atoms with Crippen molar-refractivity contribution in [3.63, 3.8) is 0 Å². The van der Waals surface area contributed by atoms with Gasteiger partial charge in [0.15, 0.2) is 0 Å². The summed E-state index contributed by atoms with van der Waals surface area (Å²) in [7, 11) is 0. The Balaban J connectivity index is 1.96.